The molecule has 0 saturated carbocycles. The Hall–Kier alpha value is -2.04. The van der Waals surface area contributed by atoms with E-state index in [1.54, 1.807) is 26.2 Å². The second kappa shape index (κ2) is 5.53. The van der Waals surface area contributed by atoms with Crippen LogP contribution in [0.1, 0.15) is 19.2 Å². The number of ether oxygens (including phenoxy) is 2. The van der Waals surface area contributed by atoms with E-state index in [1.165, 1.54) is 0 Å². The summed E-state index contributed by atoms with van der Waals surface area (Å²) in [6, 6.07) is 5.41. The van der Waals surface area contributed by atoms with Gasteiger partial charge in [-0.15, -0.1) is 0 Å². The van der Waals surface area contributed by atoms with Crippen LogP contribution in [0.4, 0.5) is 0 Å². The number of esters is 1. The van der Waals surface area contributed by atoms with Crippen molar-refractivity contribution < 1.29 is 18.7 Å². The van der Waals surface area contributed by atoms with Crippen molar-refractivity contribution in [1.29, 1.82) is 0 Å². The Morgan fingerprint density at radius 2 is 2.28 bits per heavy atom. The van der Waals surface area contributed by atoms with E-state index >= 15 is 0 Å². The number of carbonyl (C=O) groups is 1. The molecule has 18 heavy (non-hydrogen) atoms. The van der Waals surface area contributed by atoms with Gasteiger partial charge in [0.1, 0.15) is 11.3 Å². The highest BCUT2D eigenvalue weighted by Crippen LogP contribution is 2.21. The maximum atomic E-state index is 11.2. The molecule has 1 heterocycles. The zero-order valence-corrected chi connectivity index (χ0v) is 10.4. The maximum Gasteiger partial charge on any atom is 0.306 e. The van der Waals surface area contributed by atoms with E-state index in [4.69, 9.17) is 13.9 Å². The largest absolute Gasteiger partial charge is 0.497 e. The van der Waals surface area contributed by atoms with Gasteiger partial charge in [0.15, 0.2) is 11.5 Å². The summed E-state index contributed by atoms with van der Waals surface area (Å²) < 4.78 is 15.5. The minimum Gasteiger partial charge on any atom is -0.497 e. The van der Waals surface area contributed by atoms with E-state index in [-0.39, 0.29) is 12.4 Å². The van der Waals surface area contributed by atoms with Gasteiger partial charge in [0.25, 0.3) is 0 Å². The van der Waals surface area contributed by atoms with Crippen LogP contribution < -0.4 is 4.74 Å². The minimum absolute atomic E-state index is 0.239. The Balaban J connectivity index is 2.08. The molecular formula is C13H15NO4. The van der Waals surface area contributed by atoms with Crippen molar-refractivity contribution in [3.05, 3.63) is 24.1 Å². The molecule has 0 spiro atoms. The molecule has 1 aromatic carbocycles. The molecule has 0 aliphatic rings. The number of methoxy groups -OCH3 is 1. The highest BCUT2D eigenvalue weighted by molar-refractivity contribution is 5.74. The van der Waals surface area contributed by atoms with Gasteiger partial charge in [0, 0.05) is 12.5 Å². The lowest BCUT2D eigenvalue weighted by molar-refractivity contribution is -0.143. The summed E-state index contributed by atoms with van der Waals surface area (Å²) in [6.45, 7) is 2.17. The van der Waals surface area contributed by atoms with Crippen LogP contribution >= 0.6 is 0 Å². The zero-order chi connectivity index (χ0) is 13.0. The van der Waals surface area contributed by atoms with Gasteiger partial charge in [-0.2, -0.15) is 0 Å². The summed E-state index contributed by atoms with van der Waals surface area (Å²) in [4.78, 5) is 15.5. The van der Waals surface area contributed by atoms with Crippen LogP contribution in [0.2, 0.25) is 0 Å². The van der Waals surface area contributed by atoms with E-state index in [0.717, 1.165) is 11.3 Å². The second-order valence-corrected chi connectivity index (χ2v) is 3.75. The van der Waals surface area contributed by atoms with Crippen molar-refractivity contribution in [2.45, 2.75) is 19.8 Å². The van der Waals surface area contributed by atoms with Crippen molar-refractivity contribution in [1.82, 2.24) is 4.98 Å². The van der Waals surface area contributed by atoms with Gasteiger partial charge in [0.05, 0.1) is 20.1 Å². The first-order valence-corrected chi connectivity index (χ1v) is 5.82. The summed E-state index contributed by atoms with van der Waals surface area (Å²) in [6.07, 6.45) is 0.716. The van der Waals surface area contributed by atoms with Gasteiger partial charge in [-0.05, 0) is 19.1 Å². The summed E-state index contributed by atoms with van der Waals surface area (Å²) in [5, 5.41) is 0. The summed E-state index contributed by atoms with van der Waals surface area (Å²) in [7, 11) is 1.60. The van der Waals surface area contributed by atoms with Crippen LogP contribution in [0.25, 0.3) is 11.1 Å². The Kier molecular flexibility index (Phi) is 3.82. The predicted molar refractivity (Wildman–Crippen MR) is 65.5 cm³/mol. The highest BCUT2D eigenvalue weighted by Gasteiger charge is 2.09. The Labute approximate surface area is 105 Å². The molecule has 0 radical (unpaired) electrons. The fourth-order valence-corrected chi connectivity index (χ4v) is 1.63. The quantitative estimate of drug-likeness (QED) is 0.761. The fraction of sp³-hybridized carbons (Fsp3) is 0.385. The molecule has 0 amide bonds. The molecule has 96 valence electrons. The van der Waals surface area contributed by atoms with Crippen LogP contribution in [0, 0.1) is 0 Å². The molecule has 0 bridgehead atoms. The summed E-state index contributed by atoms with van der Waals surface area (Å²) >= 11 is 0. The normalized spacial score (nSPS) is 10.6. The number of fused-ring (bicyclic) bond motifs is 1. The lowest BCUT2D eigenvalue weighted by Gasteiger charge is -1.98. The maximum absolute atomic E-state index is 11.2. The number of aromatic nitrogens is 1. The van der Waals surface area contributed by atoms with Crippen LogP contribution in [-0.4, -0.2) is 24.7 Å². The van der Waals surface area contributed by atoms with Gasteiger partial charge in [-0.25, -0.2) is 4.98 Å². The second-order valence-electron chi connectivity index (χ2n) is 3.75. The van der Waals surface area contributed by atoms with Crippen molar-refractivity contribution in [2.75, 3.05) is 13.7 Å². The first-order valence-electron chi connectivity index (χ1n) is 5.82. The average Bonchev–Trinajstić information content (AvgIpc) is 2.78. The van der Waals surface area contributed by atoms with E-state index in [1.807, 2.05) is 6.07 Å². The van der Waals surface area contributed by atoms with Crippen LogP contribution in [0.15, 0.2) is 22.6 Å². The lowest BCUT2D eigenvalue weighted by Crippen LogP contribution is -2.05. The van der Waals surface area contributed by atoms with Crippen molar-refractivity contribution in [2.24, 2.45) is 0 Å². The van der Waals surface area contributed by atoms with Gasteiger partial charge in [-0.1, -0.05) is 0 Å². The van der Waals surface area contributed by atoms with E-state index in [9.17, 15) is 4.79 Å². The van der Waals surface area contributed by atoms with Gasteiger partial charge >= 0.3 is 5.97 Å². The number of nitrogens with zero attached hydrogens (tertiary/aromatic N) is 1. The Morgan fingerprint density at radius 3 is 3.00 bits per heavy atom. The molecule has 1 aromatic heterocycles. The molecule has 2 aromatic rings. The molecular weight excluding hydrogens is 234 g/mol. The highest BCUT2D eigenvalue weighted by atomic mass is 16.5. The number of hydrogen-bond donors (Lipinski definition) is 0. The van der Waals surface area contributed by atoms with E-state index < -0.39 is 0 Å². The monoisotopic (exact) mass is 249 g/mol. The molecule has 5 heteroatoms. The van der Waals surface area contributed by atoms with Gasteiger partial charge in [0.2, 0.25) is 0 Å². The van der Waals surface area contributed by atoms with Crippen molar-refractivity contribution >= 4 is 17.1 Å². The van der Waals surface area contributed by atoms with Crippen molar-refractivity contribution in [3.8, 4) is 5.75 Å². The number of carbonyl (C=O) groups excluding carboxylic acids is 1. The first kappa shape index (κ1) is 12.4. The van der Waals surface area contributed by atoms with E-state index in [0.29, 0.717) is 24.5 Å². The fourth-order valence-electron chi connectivity index (χ4n) is 1.63. The Bertz CT molecular complexity index is 547. The third-order valence-corrected chi connectivity index (χ3v) is 2.49. The molecule has 0 unspecified atom stereocenters. The number of benzene rings is 1. The Morgan fingerprint density at radius 1 is 1.44 bits per heavy atom. The minimum atomic E-state index is -0.239. The van der Waals surface area contributed by atoms with Crippen LogP contribution in [-0.2, 0) is 16.0 Å². The first-order chi connectivity index (χ1) is 8.72. The van der Waals surface area contributed by atoms with Crippen molar-refractivity contribution in [3.63, 3.8) is 0 Å². The summed E-state index contributed by atoms with van der Waals surface area (Å²) in [5.74, 6) is 1.02. The predicted octanol–water partition coefficient (Wildman–Crippen LogP) is 2.33. The number of oxazole rings is 1. The molecule has 0 saturated heterocycles. The molecule has 0 N–H and O–H groups in total. The summed E-state index contributed by atoms with van der Waals surface area (Å²) in [5.41, 5.74) is 1.42. The van der Waals surface area contributed by atoms with Crippen LogP contribution in [0.3, 0.4) is 0 Å². The standard InChI is InChI=1S/C13H15NO4/c1-3-17-13(15)7-6-12-14-10-8-9(16-2)4-5-11(10)18-12/h4-5,8H,3,6-7H2,1-2H3. The third-order valence-electron chi connectivity index (χ3n) is 2.49. The molecule has 0 atom stereocenters. The molecule has 0 fully saturated rings. The van der Waals surface area contributed by atoms with E-state index in [2.05, 4.69) is 4.98 Å². The SMILES string of the molecule is CCOC(=O)CCc1nc2cc(OC)ccc2o1. The lowest BCUT2D eigenvalue weighted by atomic mass is 10.3. The number of aryl methyl sites for hydroxylation is 1. The smallest absolute Gasteiger partial charge is 0.306 e. The average molecular weight is 249 g/mol. The molecule has 2 rings (SSSR count). The van der Waals surface area contributed by atoms with Crippen LogP contribution in [0.5, 0.6) is 5.75 Å². The molecule has 0 aliphatic carbocycles. The van der Waals surface area contributed by atoms with Gasteiger partial charge in [-0.3, -0.25) is 4.79 Å². The third kappa shape index (κ3) is 2.80. The molecule has 0 aliphatic heterocycles. The topological polar surface area (TPSA) is 61.6 Å². The molecule has 5 nitrogen and oxygen atoms in total. The number of rotatable bonds is 5. The number of hydrogen-bond acceptors (Lipinski definition) is 5. The zero-order valence-electron chi connectivity index (χ0n) is 10.4. The van der Waals surface area contributed by atoms with Gasteiger partial charge < -0.3 is 13.9 Å².